The Morgan fingerprint density at radius 1 is 1.29 bits per heavy atom. The molecular formula is C14H27NO2. The van der Waals surface area contributed by atoms with E-state index in [1.165, 1.54) is 19.3 Å². The van der Waals surface area contributed by atoms with Gasteiger partial charge in [0, 0.05) is 19.1 Å². The lowest BCUT2D eigenvalue weighted by Gasteiger charge is -2.22. The van der Waals surface area contributed by atoms with Gasteiger partial charge in [0.1, 0.15) is 0 Å². The van der Waals surface area contributed by atoms with Crippen molar-refractivity contribution in [3.63, 3.8) is 0 Å². The van der Waals surface area contributed by atoms with E-state index in [0.29, 0.717) is 5.92 Å². The molecule has 0 aromatic carbocycles. The highest BCUT2D eigenvalue weighted by Gasteiger charge is 2.21. The average molecular weight is 241 g/mol. The Morgan fingerprint density at radius 3 is 2.59 bits per heavy atom. The van der Waals surface area contributed by atoms with Crippen LogP contribution < -0.4 is 5.32 Å². The molecule has 0 aromatic rings. The second-order valence-electron chi connectivity index (χ2n) is 5.25. The molecule has 3 nitrogen and oxygen atoms in total. The summed E-state index contributed by atoms with van der Waals surface area (Å²) in [4.78, 5) is 11.9. The van der Waals surface area contributed by atoms with E-state index in [2.05, 4.69) is 12.2 Å². The van der Waals surface area contributed by atoms with Gasteiger partial charge in [-0.2, -0.15) is 0 Å². The molecule has 0 aromatic heterocycles. The van der Waals surface area contributed by atoms with Crippen LogP contribution in [0.4, 0.5) is 0 Å². The highest BCUT2D eigenvalue weighted by Crippen LogP contribution is 2.23. The molecule has 2 N–H and O–H groups in total. The Hall–Kier alpha value is -0.570. The van der Waals surface area contributed by atoms with Gasteiger partial charge < -0.3 is 10.4 Å². The van der Waals surface area contributed by atoms with Gasteiger partial charge in [0.25, 0.3) is 0 Å². The molecule has 1 saturated carbocycles. The molecule has 1 aliphatic rings. The van der Waals surface area contributed by atoms with Crippen LogP contribution in [0, 0.1) is 11.8 Å². The quantitative estimate of drug-likeness (QED) is 0.719. The number of rotatable bonds is 7. The summed E-state index contributed by atoms with van der Waals surface area (Å²) in [5, 5.41) is 12.0. The highest BCUT2D eigenvalue weighted by molar-refractivity contribution is 5.78. The number of amides is 1. The molecule has 0 saturated heterocycles. The van der Waals surface area contributed by atoms with E-state index >= 15 is 0 Å². The molecule has 1 fully saturated rings. The third-order valence-electron chi connectivity index (χ3n) is 3.78. The Morgan fingerprint density at radius 2 is 2.00 bits per heavy atom. The molecule has 0 bridgehead atoms. The molecule has 17 heavy (non-hydrogen) atoms. The SMILES string of the molecule is CCCC(CCO)CNC(=O)C1CCCCC1. The van der Waals surface area contributed by atoms with E-state index < -0.39 is 0 Å². The Bertz CT molecular complexity index is 206. The lowest BCUT2D eigenvalue weighted by molar-refractivity contribution is -0.126. The third-order valence-corrected chi connectivity index (χ3v) is 3.78. The zero-order valence-electron chi connectivity index (χ0n) is 11.1. The number of hydrogen-bond donors (Lipinski definition) is 2. The fraction of sp³-hybridized carbons (Fsp3) is 0.929. The maximum Gasteiger partial charge on any atom is 0.223 e. The molecule has 1 rings (SSSR count). The zero-order valence-corrected chi connectivity index (χ0v) is 11.1. The van der Waals surface area contributed by atoms with Gasteiger partial charge in [-0.1, -0.05) is 32.6 Å². The second kappa shape index (κ2) is 8.51. The van der Waals surface area contributed by atoms with Crippen molar-refractivity contribution < 1.29 is 9.90 Å². The number of aliphatic hydroxyl groups excluding tert-OH is 1. The fourth-order valence-electron chi connectivity index (χ4n) is 2.69. The number of aliphatic hydroxyl groups is 1. The van der Waals surface area contributed by atoms with Gasteiger partial charge in [-0.25, -0.2) is 0 Å². The topological polar surface area (TPSA) is 49.3 Å². The van der Waals surface area contributed by atoms with Crippen LogP contribution in [0.5, 0.6) is 0 Å². The monoisotopic (exact) mass is 241 g/mol. The van der Waals surface area contributed by atoms with Gasteiger partial charge in [0.15, 0.2) is 0 Å². The summed E-state index contributed by atoms with van der Waals surface area (Å²) in [7, 11) is 0. The summed E-state index contributed by atoms with van der Waals surface area (Å²) < 4.78 is 0. The van der Waals surface area contributed by atoms with Crippen molar-refractivity contribution in [2.24, 2.45) is 11.8 Å². The number of hydrogen-bond acceptors (Lipinski definition) is 2. The summed E-state index contributed by atoms with van der Waals surface area (Å²) in [6, 6.07) is 0. The van der Waals surface area contributed by atoms with Crippen molar-refractivity contribution in [1.29, 1.82) is 0 Å². The van der Waals surface area contributed by atoms with E-state index in [9.17, 15) is 4.79 Å². The smallest absolute Gasteiger partial charge is 0.223 e. The zero-order chi connectivity index (χ0) is 12.5. The minimum absolute atomic E-state index is 0.226. The predicted molar refractivity (Wildman–Crippen MR) is 69.7 cm³/mol. The van der Waals surface area contributed by atoms with Gasteiger partial charge in [0.2, 0.25) is 5.91 Å². The largest absolute Gasteiger partial charge is 0.396 e. The molecule has 0 heterocycles. The number of nitrogens with one attached hydrogen (secondary N) is 1. The fourth-order valence-corrected chi connectivity index (χ4v) is 2.69. The Balaban J connectivity index is 2.24. The Labute approximate surface area is 105 Å². The van der Waals surface area contributed by atoms with Crippen LogP contribution in [-0.4, -0.2) is 24.2 Å². The first-order valence-electron chi connectivity index (χ1n) is 7.16. The van der Waals surface area contributed by atoms with Crippen LogP contribution in [0.25, 0.3) is 0 Å². The van der Waals surface area contributed by atoms with E-state index in [-0.39, 0.29) is 18.4 Å². The van der Waals surface area contributed by atoms with Gasteiger partial charge in [-0.3, -0.25) is 4.79 Å². The van der Waals surface area contributed by atoms with E-state index in [4.69, 9.17) is 5.11 Å². The molecule has 1 aliphatic carbocycles. The molecule has 1 unspecified atom stereocenters. The minimum atomic E-state index is 0.226. The van der Waals surface area contributed by atoms with E-state index in [0.717, 1.165) is 38.6 Å². The van der Waals surface area contributed by atoms with Crippen LogP contribution in [0.3, 0.4) is 0 Å². The minimum Gasteiger partial charge on any atom is -0.396 e. The van der Waals surface area contributed by atoms with Crippen molar-refractivity contribution in [2.75, 3.05) is 13.2 Å². The van der Waals surface area contributed by atoms with Gasteiger partial charge in [0.05, 0.1) is 0 Å². The summed E-state index contributed by atoms with van der Waals surface area (Å²) in [5.74, 6) is 0.932. The lowest BCUT2D eigenvalue weighted by Crippen LogP contribution is -2.35. The molecular weight excluding hydrogens is 214 g/mol. The molecule has 0 spiro atoms. The van der Waals surface area contributed by atoms with Crippen LogP contribution in [0.15, 0.2) is 0 Å². The molecule has 0 aliphatic heterocycles. The maximum absolute atomic E-state index is 11.9. The van der Waals surface area contributed by atoms with Crippen LogP contribution in [-0.2, 0) is 4.79 Å². The summed E-state index contributed by atoms with van der Waals surface area (Å²) >= 11 is 0. The number of carbonyl (C=O) groups excluding carboxylic acids is 1. The third kappa shape index (κ3) is 5.53. The first kappa shape index (κ1) is 14.5. The normalized spacial score (nSPS) is 18.9. The number of carbonyl (C=O) groups is 1. The van der Waals surface area contributed by atoms with Crippen molar-refractivity contribution in [2.45, 2.75) is 58.3 Å². The molecule has 100 valence electrons. The second-order valence-corrected chi connectivity index (χ2v) is 5.25. The first-order valence-corrected chi connectivity index (χ1v) is 7.16. The summed E-state index contributed by atoms with van der Waals surface area (Å²) in [6.45, 7) is 3.11. The van der Waals surface area contributed by atoms with Crippen LogP contribution in [0.1, 0.15) is 58.3 Å². The highest BCUT2D eigenvalue weighted by atomic mass is 16.3. The van der Waals surface area contributed by atoms with Crippen molar-refractivity contribution in [1.82, 2.24) is 5.32 Å². The van der Waals surface area contributed by atoms with Crippen LogP contribution in [0.2, 0.25) is 0 Å². The van der Waals surface area contributed by atoms with Gasteiger partial charge >= 0.3 is 0 Å². The van der Waals surface area contributed by atoms with Crippen molar-refractivity contribution in [3.05, 3.63) is 0 Å². The predicted octanol–water partition coefficient (Wildman–Crippen LogP) is 2.48. The van der Waals surface area contributed by atoms with Crippen molar-refractivity contribution in [3.8, 4) is 0 Å². The molecule has 3 heteroatoms. The maximum atomic E-state index is 11.9. The first-order chi connectivity index (χ1) is 8.27. The van der Waals surface area contributed by atoms with Crippen molar-refractivity contribution >= 4 is 5.91 Å². The van der Waals surface area contributed by atoms with Crippen LogP contribution >= 0.6 is 0 Å². The van der Waals surface area contributed by atoms with Gasteiger partial charge in [-0.05, 0) is 31.6 Å². The van der Waals surface area contributed by atoms with E-state index in [1.54, 1.807) is 0 Å². The molecule has 1 amide bonds. The Kier molecular flexibility index (Phi) is 7.25. The summed E-state index contributed by atoms with van der Waals surface area (Å²) in [5.41, 5.74) is 0. The molecule has 0 radical (unpaired) electrons. The van der Waals surface area contributed by atoms with E-state index in [1.807, 2.05) is 0 Å². The van der Waals surface area contributed by atoms with Gasteiger partial charge in [-0.15, -0.1) is 0 Å². The lowest BCUT2D eigenvalue weighted by atomic mass is 9.88. The molecule has 1 atom stereocenters. The summed E-state index contributed by atoms with van der Waals surface area (Å²) in [6.07, 6.45) is 8.82. The standard InChI is InChI=1S/C14H27NO2/c1-2-6-12(9-10-16)11-15-14(17)13-7-4-3-5-8-13/h12-13,16H,2-11H2,1H3,(H,15,17). The average Bonchev–Trinajstić information content (AvgIpc) is 2.37.